The number of fused-ring (bicyclic) bond motifs is 1. The summed E-state index contributed by atoms with van der Waals surface area (Å²) in [4.78, 5) is 0. The van der Waals surface area contributed by atoms with Crippen molar-refractivity contribution in [3.8, 4) is 11.5 Å². The van der Waals surface area contributed by atoms with Crippen molar-refractivity contribution in [2.75, 3.05) is 13.9 Å². The summed E-state index contributed by atoms with van der Waals surface area (Å²) in [6.45, 7) is -0.224. The molecule has 126 valence electrons. The quantitative estimate of drug-likeness (QED) is 0.357. The van der Waals surface area contributed by atoms with Crippen LogP contribution in [0.3, 0.4) is 0 Å². The molecule has 2 aromatic carbocycles. The number of methoxy groups -OCH3 is 1. The molecule has 0 saturated heterocycles. The number of ether oxygens (including phenoxy) is 2. The minimum absolute atomic E-state index is 0.00154. The van der Waals surface area contributed by atoms with E-state index in [0.29, 0.717) is 0 Å². The summed E-state index contributed by atoms with van der Waals surface area (Å²) in [6, 6.07) is 5.45. The van der Waals surface area contributed by atoms with Crippen molar-refractivity contribution < 1.29 is 39.6 Å². The third-order valence-corrected chi connectivity index (χ3v) is 3.64. The summed E-state index contributed by atoms with van der Waals surface area (Å²) in [5, 5.41) is 0.0787. The molecule has 0 N–H and O–H groups in total. The van der Waals surface area contributed by atoms with Gasteiger partial charge in [-0.25, -0.2) is 4.39 Å². The van der Waals surface area contributed by atoms with Gasteiger partial charge in [-0.05, 0) is 23.6 Å². The topological polar surface area (TPSA) is 61.8 Å². The third-order valence-electron chi connectivity index (χ3n) is 2.68. The Hall–Kier alpha value is -2.07. The van der Waals surface area contributed by atoms with Crippen molar-refractivity contribution in [3.63, 3.8) is 0 Å². The van der Waals surface area contributed by atoms with Crippen LogP contribution >= 0.6 is 0 Å². The molecular formula is C13H10F4O5S. The van der Waals surface area contributed by atoms with Crippen molar-refractivity contribution in [1.29, 1.82) is 0 Å². The molecule has 2 rings (SSSR count). The second kappa shape index (κ2) is 6.20. The summed E-state index contributed by atoms with van der Waals surface area (Å²) < 4.78 is 86.9. The van der Waals surface area contributed by atoms with Crippen molar-refractivity contribution in [1.82, 2.24) is 0 Å². The van der Waals surface area contributed by atoms with Crippen LogP contribution in [-0.4, -0.2) is 27.8 Å². The molecule has 0 aromatic heterocycles. The van der Waals surface area contributed by atoms with E-state index in [0.717, 1.165) is 18.2 Å². The summed E-state index contributed by atoms with van der Waals surface area (Å²) >= 11 is 0. The predicted octanol–water partition coefficient (Wildman–Crippen LogP) is 3.19. The van der Waals surface area contributed by atoms with Crippen molar-refractivity contribution >= 4 is 20.9 Å². The van der Waals surface area contributed by atoms with Gasteiger partial charge in [0.25, 0.3) is 0 Å². The number of rotatable bonds is 5. The molecule has 0 atom stereocenters. The van der Waals surface area contributed by atoms with Gasteiger partial charge in [0.15, 0.2) is 12.5 Å². The Balaban J connectivity index is 2.57. The maximum absolute atomic E-state index is 13.3. The number of alkyl halides is 3. The molecule has 23 heavy (non-hydrogen) atoms. The zero-order chi connectivity index (χ0) is 17.3. The van der Waals surface area contributed by atoms with Crippen molar-refractivity contribution in [2.45, 2.75) is 5.51 Å². The van der Waals surface area contributed by atoms with Crippen LogP contribution in [0.4, 0.5) is 17.6 Å². The Morgan fingerprint density at radius 2 is 1.83 bits per heavy atom. The molecular weight excluding hydrogens is 344 g/mol. The lowest BCUT2D eigenvalue weighted by Gasteiger charge is -2.13. The van der Waals surface area contributed by atoms with Gasteiger partial charge in [-0.15, -0.1) is 0 Å². The zero-order valence-corrected chi connectivity index (χ0v) is 12.4. The first-order valence-corrected chi connectivity index (χ1v) is 7.40. The van der Waals surface area contributed by atoms with Crippen LogP contribution in [0, 0.1) is 5.82 Å². The van der Waals surface area contributed by atoms with Crippen LogP contribution in [-0.2, 0) is 14.9 Å². The van der Waals surface area contributed by atoms with Crippen LogP contribution < -0.4 is 8.92 Å². The van der Waals surface area contributed by atoms with E-state index >= 15 is 0 Å². The molecule has 0 heterocycles. The highest BCUT2D eigenvalue weighted by Crippen LogP contribution is 2.35. The van der Waals surface area contributed by atoms with Crippen molar-refractivity contribution in [3.05, 3.63) is 36.1 Å². The maximum Gasteiger partial charge on any atom is 0.534 e. The lowest BCUT2D eigenvalue weighted by Crippen LogP contribution is -2.28. The van der Waals surface area contributed by atoms with Gasteiger partial charge in [0.1, 0.15) is 11.6 Å². The molecule has 2 aromatic rings. The second-order valence-corrected chi connectivity index (χ2v) is 5.86. The first-order valence-electron chi connectivity index (χ1n) is 6.00. The molecule has 0 amide bonds. The summed E-state index contributed by atoms with van der Waals surface area (Å²) in [6.07, 6.45) is 0. The number of hydrogen-bond donors (Lipinski definition) is 0. The fraction of sp³-hybridized carbons (Fsp3) is 0.231. The Morgan fingerprint density at radius 1 is 1.13 bits per heavy atom. The SMILES string of the molecule is COCOc1cc(OS(=O)(=O)C(F)(F)F)c2cc(F)ccc2c1. The fourth-order valence-electron chi connectivity index (χ4n) is 1.71. The fourth-order valence-corrected chi connectivity index (χ4v) is 2.18. The highest BCUT2D eigenvalue weighted by molar-refractivity contribution is 7.88. The molecule has 10 heteroatoms. The van der Waals surface area contributed by atoms with E-state index in [9.17, 15) is 26.0 Å². The average molecular weight is 354 g/mol. The van der Waals surface area contributed by atoms with Gasteiger partial charge in [-0.1, -0.05) is 6.07 Å². The van der Waals surface area contributed by atoms with E-state index < -0.39 is 27.2 Å². The van der Waals surface area contributed by atoms with E-state index in [1.807, 2.05) is 0 Å². The largest absolute Gasteiger partial charge is 0.534 e. The van der Waals surface area contributed by atoms with Gasteiger partial charge in [-0.2, -0.15) is 21.6 Å². The molecule has 0 spiro atoms. The first kappa shape index (κ1) is 17.3. The summed E-state index contributed by atoms with van der Waals surface area (Å²) in [5.41, 5.74) is -5.62. The van der Waals surface area contributed by atoms with Gasteiger partial charge in [0, 0.05) is 18.6 Å². The molecule has 0 unspecified atom stereocenters. The maximum atomic E-state index is 13.3. The van der Waals surface area contributed by atoms with E-state index in [2.05, 4.69) is 8.92 Å². The summed E-state index contributed by atoms with van der Waals surface area (Å²) in [5.74, 6) is -1.47. The Labute approximate surface area is 128 Å². The third kappa shape index (κ3) is 3.82. The Bertz CT molecular complexity index is 817. The van der Waals surface area contributed by atoms with Gasteiger partial charge < -0.3 is 13.7 Å². The van der Waals surface area contributed by atoms with E-state index in [-0.39, 0.29) is 23.3 Å². The van der Waals surface area contributed by atoms with Crippen molar-refractivity contribution in [2.24, 2.45) is 0 Å². The van der Waals surface area contributed by atoms with E-state index in [1.165, 1.54) is 19.2 Å². The molecule has 0 saturated carbocycles. The molecule has 0 aliphatic heterocycles. The molecule has 0 aliphatic carbocycles. The first-order chi connectivity index (χ1) is 10.6. The lowest BCUT2D eigenvalue weighted by molar-refractivity contribution is -0.0499. The predicted molar refractivity (Wildman–Crippen MR) is 72.0 cm³/mol. The lowest BCUT2D eigenvalue weighted by atomic mass is 10.1. The van der Waals surface area contributed by atoms with E-state index in [4.69, 9.17) is 4.74 Å². The normalized spacial score (nSPS) is 12.4. The van der Waals surface area contributed by atoms with E-state index in [1.54, 1.807) is 0 Å². The van der Waals surface area contributed by atoms with Crippen LogP contribution in [0.5, 0.6) is 11.5 Å². The highest BCUT2D eigenvalue weighted by Gasteiger charge is 2.48. The monoisotopic (exact) mass is 354 g/mol. The Kier molecular flexibility index (Phi) is 4.66. The number of halogens is 4. The van der Waals surface area contributed by atoms with Gasteiger partial charge in [0.05, 0.1) is 0 Å². The molecule has 0 fully saturated rings. The standard InChI is InChI=1S/C13H10F4O5S/c1-20-7-21-10-4-8-2-3-9(14)5-11(8)12(6-10)22-23(18,19)13(15,16)17/h2-6H,7H2,1H3. The smallest absolute Gasteiger partial charge is 0.467 e. The molecule has 0 bridgehead atoms. The van der Waals surface area contributed by atoms with Crippen LogP contribution in [0.2, 0.25) is 0 Å². The zero-order valence-electron chi connectivity index (χ0n) is 11.6. The summed E-state index contributed by atoms with van der Waals surface area (Å²) in [7, 11) is -4.58. The van der Waals surface area contributed by atoms with Crippen LogP contribution in [0.25, 0.3) is 10.8 Å². The number of hydrogen-bond acceptors (Lipinski definition) is 5. The second-order valence-electron chi connectivity index (χ2n) is 4.32. The molecule has 0 radical (unpaired) electrons. The van der Waals surface area contributed by atoms with Gasteiger partial charge >= 0.3 is 15.6 Å². The Morgan fingerprint density at radius 3 is 2.43 bits per heavy atom. The molecule has 0 aliphatic rings. The minimum Gasteiger partial charge on any atom is -0.467 e. The highest BCUT2D eigenvalue weighted by atomic mass is 32.2. The van der Waals surface area contributed by atoms with Gasteiger partial charge in [-0.3, -0.25) is 0 Å². The van der Waals surface area contributed by atoms with Gasteiger partial charge in [0.2, 0.25) is 0 Å². The minimum atomic E-state index is -5.90. The van der Waals surface area contributed by atoms with Crippen LogP contribution in [0.15, 0.2) is 30.3 Å². The number of benzene rings is 2. The average Bonchev–Trinajstić information content (AvgIpc) is 2.44. The van der Waals surface area contributed by atoms with Crippen LogP contribution in [0.1, 0.15) is 0 Å². The molecule has 5 nitrogen and oxygen atoms in total.